The van der Waals surface area contributed by atoms with Crippen molar-refractivity contribution >= 4 is 24.0 Å². The number of hydrogen-bond donors (Lipinski definition) is 2. The van der Waals surface area contributed by atoms with Crippen LogP contribution in [-0.2, 0) is 28.5 Å². The van der Waals surface area contributed by atoms with E-state index in [9.17, 15) is 19.2 Å². The smallest absolute Gasteiger partial charge is 0.410 e. The highest BCUT2D eigenvalue weighted by molar-refractivity contribution is 5.84. The summed E-state index contributed by atoms with van der Waals surface area (Å²) in [6.45, 7) is 7.11. The number of amides is 4. The van der Waals surface area contributed by atoms with Crippen molar-refractivity contribution in [3.05, 3.63) is 59.7 Å². The van der Waals surface area contributed by atoms with Crippen LogP contribution in [-0.4, -0.2) is 109 Å². The van der Waals surface area contributed by atoms with Gasteiger partial charge in [0, 0.05) is 37.9 Å². The van der Waals surface area contributed by atoms with Crippen LogP contribution in [0.25, 0.3) is 11.1 Å². The van der Waals surface area contributed by atoms with Gasteiger partial charge in [-0.2, -0.15) is 0 Å². The fourth-order valence-corrected chi connectivity index (χ4v) is 7.86. The van der Waals surface area contributed by atoms with Crippen molar-refractivity contribution in [1.82, 2.24) is 20.4 Å². The van der Waals surface area contributed by atoms with Crippen LogP contribution < -0.4 is 10.6 Å². The molecule has 1 unspecified atom stereocenters. The molecule has 6 atom stereocenters. The van der Waals surface area contributed by atoms with E-state index in [4.69, 9.17) is 18.9 Å². The molecule has 0 saturated carbocycles. The van der Waals surface area contributed by atoms with Gasteiger partial charge in [0.15, 0.2) is 0 Å². The van der Waals surface area contributed by atoms with Gasteiger partial charge in [0.05, 0.1) is 31.3 Å². The third-order valence-corrected chi connectivity index (χ3v) is 10.1. The Labute approximate surface area is 280 Å². The number of alkyl carbamates (subject to hydrolysis) is 1. The van der Waals surface area contributed by atoms with E-state index in [1.807, 2.05) is 49.9 Å². The Hall–Kier alpha value is -4.16. The molecule has 2 aromatic carbocycles. The van der Waals surface area contributed by atoms with Gasteiger partial charge in [0.2, 0.25) is 11.8 Å². The Morgan fingerprint density at radius 1 is 0.792 bits per heavy atom. The molecule has 5 heterocycles. The van der Waals surface area contributed by atoms with Gasteiger partial charge >= 0.3 is 12.2 Å². The maximum absolute atomic E-state index is 13.1. The highest BCUT2D eigenvalue weighted by atomic mass is 16.6. The molecule has 12 nitrogen and oxygen atoms in total. The SMILES string of the molecule is CC(C)(C)OC(=O)N1CC2CC[C@@H]1CN2C(=O)CCC(=O)N[C@H]1CO[C@H]2[C@@H]1OC[C@@H]2NC(=O)OCC1c2ccccc2-c2ccccc21. The molecule has 12 heteroatoms. The molecular weight excluding hydrogens is 616 g/mol. The highest BCUT2D eigenvalue weighted by Crippen LogP contribution is 2.44. The molecule has 2 aromatic rings. The predicted molar refractivity (Wildman–Crippen MR) is 174 cm³/mol. The van der Waals surface area contributed by atoms with Gasteiger partial charge in [-0.3, -0.25) is 9.59 Å². The third kappa shape index (κ3) is 6.47. The molecule has 0 spiro atoms. The van der Waals surface area contributed by atoms with Crippen molar-refractivity contribution in [3.8, 4) is 11.1 Å². The summed E-state index contributed by atoms with van der Waals surface area (Å²) in [5, 5.41) is 5.87. The lowest BCUT2D eigenvalue weighted by atomic mass is 9.90. The minimum atomic E-state index is -0.579. The van der Waals surface area contributed by atoms with Gasteiger partial charge in [0.1, 0.15) is 24.4 Å². The van der Waals surface area contributed by atoms with E-state index in [1.54, 1.807) is 4.90 Å². The lowest BCUT2D eigenvalue weighted by Gasteiger charge is -2.51. The largest absolute Gasteiger partial charge is 0.449 e. The number of piperazine rings is 1. The number of piperidine rings is 2. The maximum atomic E-state index is 13.1. The second-order valence-electron chi connectivity index (χ2n) is 14.4. The molecule has 5 saturated heterocycles. The van der Waals surface area contributed by atoms with Crippen LogP contribution in [0.15, 0.2) is 48.5 Å². The molecular formula is C36H44N4O8. The summed E-state index contributed by atoms with van der Waals surface area (Å²) >= 11 is 0. The van der Waals surface area contributed by atoms with Crippen LogP contribution in [0, 0.1) is 0 Å². The van der Waals surface area contributed by atoms with E-state index in [2.05, 4.69) is 34.9 Å². The van der Waals surface area contributed by atoms with E-state index < -0.39 is 29.9 Å². The lowest BCUT2D eigenvalue weighted by Crippen LogP contribution is -2.65. The molecule has 5 fully saturated rings. The van der Waals surface area contributed by atoms with Crippen molar-refractivity contribution in [2.45, 2.75) is 94.3 Å². The van der Waals surface area contributed by atoms with Gasteiger partial charge in [-0.25, -0.2) is 9.59 Å². The van der Waals surface area contributed by atoms with Crippen molar-refractivity contribution in [3.63, 3.8) is 0 Å². The maximum Gasteiger partial charge on any atom is 0.410 e. The number of nitrogens with zero attached hydrogens (tertiary/aromatic N) is 2. The van der Waals surface area contributed by atoms with Crippen LogP contribution in [0.2, 0.25) is 0 Å². The molecule has 6 aliphatic rings. The standard InChI is InChI=1S/C36H44N4O8/c1-36(2,3)48-35(44)40-17-21-12-13-22(40)16-39(21)31(42)15-14-30(41)37-28-19-45-33-29(20-46-32(28)33)38-34(43)47-18-27-25-10-6-4-8-23(25)24-9-5-7-11-26(24)27/h4-11,21-22,27-29,32-33H,12-20H2,1-3H3,(H,37,41)(H,38,43)/t21?,22-,28+,29+,32-,33-/m1/s1. The average Bonchev–Trinajstić information content (AvgIpc) is 3.75. The number of carbonyl (C=O) groups excluding carboxylic acids is 4. The second kappa shape index (κ2) is 13.0. The van der Waals surface area contributed by atoms with Crippen LogP contribution >= 0.6 is 0 Å². The van der Waals surface area contributed by atoms with Crippen molar-refractivity contribution in [1.29, 1.82) is 0 Å². The quantitative estimate of drug-likeness (QED) is 0.461. The molecule has 48 heavy (non-hydrogen) atoms. The second-order valence-corrected chi connectivity index (χ2v) is 14.4. The summed E-state index contributed by atoms with van der Waals surface area (Å²) in [6, 6.07) is 15.4. The zero-order valence-electron chi connectivity index (χ0n) is 27.7. The van der Waals surface area contributed by atoms with E-state index in [0.717, 1.165) is 35.1 Å². The topological polar surface area (TPSA) is 136 Å². The van der Waals surface area contributed by atoms with E-state index in [1.165, 1.54) is 0 Å². The minimum absolute atomic E-state index is 0.0395. The number of fused-ring (bicyclic) bond motifs is 7. The fraction of sp³-hybridized carbons (Fsp3) is 0.556. The van der Waals surface area contributed by atoms with Gasteiger partial charge < -0.3 is 39.4 Å². The Morgan fingerprint density at radius 2 is 1.35 bits per heavy atom. The molecule has 0 radical (unpaired) electrons. The first kappa shape index (κ1) is 32.4. The van der Waals surface area contributed by atoms with Crippen LogP contribution in [0.1, 0.15) is 63.5 Å². The summed E-state index contributed by atoms with van der Waals surface area (Å²) in [5.74, 6) is -0.387. The summed E-state index contributed by atoms with van der Waals surface area (Å²) in [6.07, 6.45) is 0.0532. The zero-order chi connectivity index (χ0) is 33.6. The summed E-state index contributed by atoms with van der Waals surface area (Å²) in [4.78, 5) is 55.1. The summed E-state index contributed by atoms with van der Waals surface area (Å²) < 4.78 is 23.2. The predicted octanol–water partition coefficient (Wildman–Crippen LogP) is 3.57. The first-order chi connectivity index (χ1) is 23.1. The van der Waals surface area contributed by atoms with Crippen LogP contribution in [0.3, 0.4) is 0 Å². The molecule has 2 bridgehead atoms. The average molecular weight is 661 g/mol. The molecule has 4 amide bonds. The Morgan fingerprint density at radius 3 is 1.94 bits per heavy atom. The number of carbonyl (C=O) groups is 4. The molecule has 0 aromatic heterocycles. The van der Waals surface area contributed by atoms with Crippen molar-refractivity contribution in [2.75, 3.05) is 32.9 Å². The summed E-state index contributed by atoms with van der Waals surface area (Å²) in [5.41, 5.74) is 4.03. The molecule has 8 rings (SSSR count). The van der Waals surface area contributed by atoms with Crippen molar-refractivity contribution < 1.29 is 38.1 Å². The van der Waals surface area contributed by atoms with E-state index in [-0.39, 0.29) is 74.6 Å². The molecule has 256 valence electrons. The third-order valence-electron chi connectivity index (χ3n) is 10.1. The van der Waals surface area contributed by atoms with Gasteiger partial charge in [-0.1, -0.05) is 48.5 Å². The first-order valence-corrected chi connectivity index (χ1v) is 17.0. The van der Waals surface area contributed by atoms with Gasteiger partial charge in [-0.05, 0) is 55.9 Å². The van der Waals surface area contributed by atoms with E-state index >= 15 is 0 Å². The van der Waals surface area contributed by atoms with Crippen LogP contribution in [0.4, 0.5) is 9.59 Å². The normalized spacial score (nSPS) is 27.2. The molecule has 1 aliphatic carbocycles. The monoisotopic (exact) mass is 660 g/mol. The molecule has 2 N–H and O–H groups in total. The highest BCUT2D eigenvalue weighted by Gasteiger charge is 2.49. The van der Waals surface area contributed by atoms with Gasteiger partial charge in [-0.15, -0.1) is 0 Å². The number of benzene rings is 2. The number of rotatable bonds is 7. The number of nitrogens with one attached hydrogen (secondary N) is 2. The zero-order valence-corrected chi connectivity index (χ0v) is 27.7. The van der Waals surface area contributed by atoms with Crippen LogP contribution in [0.5, 0.6) is 0 Å². The Kier molecular flexibility index (Phi) is 8.80. The molecule has 5 aliphatic heterocycles. The van der Waals surface area contributed by atoms with E-state index in [0.29, 0.717) is 13.1 Å². The van der Waals surface area contributed by atoms with Gasteiger partial charge in [0.25, 0.3) is 0 Å². The fourth-order valence-electron chi connectivity index (χ4n) is 7.86. The Balaban J connectivity index is 0.851. The summed E-state index contributed by atoms with van der Waals surface area (Å²) in [7, 11) is 0. The lowest BCUT2D eigenvalue weighted by molar-refractivity contribution is -0.143. The number of hydrogen-bond acceptors (Lipinski definition) is 8. The minimum Gasteiger partial charge on any atom is -0.449 e. The van der Waals surface area contributed by atoms with Crippen molar-refractivity contribution in [2.24, 2.45) is 0 Å². The number of ether oxygens (including phenoxy) is 4. The Bertz CT molecular complexity index is 1530. The first-order valence-electron chi connectivity index (χ1n) is 17.0.